The molecule has 0 radical (unpaired) electrons. The number of rotatable bonds is 3. The first-order valence-electron chi connectivity index (χ1n) is 4.13. The van der Waals surface area contributed by atoms with E-state index in [0.717, 1.165) is 4.99 Å². The molecular weight excluding hydrogens is 322 g/mol. The van der Waals surface area contributed by atoms with Crippen molar-refractivity contribution in [3.63, 3.8) is 0 Å². The van der Waals surface area contributed by atoms with E-state index in [9.17, 15) is 4.39 Å². The van der Waals surface area contributed by atoms with Gasteiger partial charge in [-0.3, -0.25) is 0 Å². The molecule has 0 aliphatic carbocycles. The van der Waals surface area contributed by atoms with E-state index >= 15 is 0 Å². The standard InChI is InChI=1S/C10H8BrCl2FO2/c1-15-6-3-7(16-2)10(13)8(9(6)12)5(14)4-11/h3-4H,1-2H3/b5-4-. The lowest BCUT2D eigenvalue weighted by molar-refractivity contribution is 0.394. The van der Waals surface area contributed by atoms with Crippen molar-refractivity contribution < 1.29 is 13.9 Å². The molecule has 88 valence electrons. The second-order valence-corrected chi connectivity index (χ2v) is 3.95. The number of hydrogen-bond acceptors (Lipinski definition) is 2. The maximum Gasteiger partial charge on any atom is 0.141 e. The van der Waals surface area contributed by atoms with Gasteiger partial charge in [0.15, 0.2) is 0 Å². The fourth-order valence-electron chi connectivity index (χ4n) is 1.15. The summed E-state index contributed by atoms with van der Waals surface area (Å²) in [5, 5.41) is 0.197. The number of benzene rings is 1. The van der Waals surface area contributed by atoms with Crippen molar-refractivity contribution in [1.82, 2.24) is 0 Å². The van der Waals surface area contributed by atoms with Crippen LogP contribution in [0, 0.1) is 0 Å². The lowest BCUT2D eigenvalue weighted by Gasteiger charge is -2.12. The van der Waals surface area contributed by atoms with Crippen LogP contribution in [-0.4, -0.2) is 14.2 Å². The zero-order chi connectivity index (χ0) is 12.3. The van der Waals surface area contributed by atoms with E-state index in [1.165, 1.54) is 20.3 Å². The molecule has 16 heavy (non-hydrogen) atoms. The highest BCUT2D eigenvalue weighted by atomic mass is 79.9. The fraction of sp³-hybridized carbons (Fsp3) is 0.200. The highest BCUT2D eigenvalue weighted by Crippen LogP contribution is 2.44. The SMILES string of the molecule is COc1cc(OC)c(Cl)c(/C(F)=C/Br)c1Cl. The van der Waals surface area contributed by atoms with Crippen LogP contribution in [-0.2, 0) is 0 Å². The summed E-state index contributed by atoms with van der Waals surface area (Å²) in [6.45, 7) is 0. The highest BCUT2D eigenvalue weighted by Gasteiger charge is 2.19. The minimum absolute atomic E-state index is 0.0383. The fourth-order valence-corrected chi connectivity index (χ4v) is 2.06. The van der Waals surface area contributed by atoms with Gasteiger partial charge >= 0.3 is 0 Å². The number of methoxy groups -OCH3 is 2. The Morgan fingerprint density at radius 2 is 1.69 bits per heavy atom. The molecule has 0 atom stereocenters. The maximum atomic E-state index is 13.6. The van der Waals surface area contributed by atoms with Crippen molar-refractivity contribution in [2.75, 3.05) is 14.2 Å². The third-order valence-electron chi connectivity index (χ3n) is 1.91. The third-order valence-corrected chi connectivity index (χ3v) is 3.06. The molecule has 0 aliphatic heterocycles. The number of hydrogen-bond donors (Lipinski definition) is 0. The largest absolute Gasteiger partial charge is 0.495 e. The van der Waals surface area contributed by atoms with Crippen LogP contribution in [0.2, 0.25) is 10.0 Å². The van der Waals surface area contributed by atoms with Gasteiger partial charge in [0.05, 0.1) is 29.8 Å². The second kappa shape index (κ2) is 5.75. The van der Waals surface area contributed by atoms with Gasteiger partial charge in [-0.15, -0.1) is 0 Å². The van der Waals surface area contributed by atoms with Crippen molar-refractivity contribution in [2.45, 2.75) is 0 Å². The van der Waals surface area contributed by atoms with Crippen LogP contribution < -0.4 is 9.47 Å². The Morgan fingerprint density at radius 3 is 2.00 bits per heavy atom. The smallest absolute Gasteiger partial charge is 0.141 e. The molecule has 1 rings (SSSR count). The Balaban J connectivity index is 3.56. The van der Waals surface area contributed by atoms with E-state index < -0.39 is 5.83 Å². The number of ether oxygens (including phenoxy) is 2. The van der Waals surface area contributed by atoms with Crippen LogP contribution >= 0.6 is 39.1 Å². The highest BCUT2D eigenvalue weighted by molar-refractivity contribution is 9.11. The quantitative estimate of drug-likeness (QED) is 0.802. The minimum Gasteiger partial charge on any atom is -0.495 e. The normalized spacial score (nSPS) is 11.5. The van der Waals surface area contributed by atoms with Gasteiger partial charge in [0.25, 0.3) is 0 Å². The Kier molecular flexibility index (Phi) is 4.89. The summed E-state index contributed by atoms with van der Waals surface area (Å²) in [6.07, 6.45) is 0. The first-order chi connectivity index (χ1) is 7.56. The van der Waals surface area contributed by atoms with Gasteiger partial charge in [-0.25, -0.2) is 4.39 Å². The molecule has 1 aromatic rings. The topological polar surface area (TPSA) is 18.5 Å². The van der Waals surface area contributed by atoms with Crippen molar-refractivity contribution in [1.29, 1.82) is 0 Å². The monoisotopic (exact) mass is 328 g/mol. The summed E-state index contributed by atoms with van der Waals surface area (Å²) >= 11 is 14.8. The molecule has 0 saturated carbocycles. The Bertz CT molecular complexity index is 407. The lowest BCUT2D eigenvalue weighted by Crippen LogP contribution is -1.94. The Labute approximate surface area is 111 Å². The molecule has 0 fully saturated rings. The van der Waals surface area contributed by atoms with E-state index in [4.69, 9.17) is 32.7 Å². The van der Waals surface area contributed by atoms with Gasteiger partial charge in [-0.2, -0.15) is 0 Å². The second-order valence-electron chi connectivity index (χ2n) is 2.74. The molecule has 6 heteroatoms. The van der Waals surface area contributed by atoms with Crippen molar-refractivity contribution in [2.24, 2.45) is 0 Å². The Hall–Kier alpha value is -0.450. The summed E-state index contributed by atoms with van der Waals surface area (Å²) in [4.78, 5) is 1.08. The van der Waals surface area contributed by atoms with Gasteiger partial charge < -0.3 is 9.47 Å². The zero-order valence-electron chi connectivity index (χ0n) is 8.48. The van der Waals surface area contributed by atoms with E-state index in [1.807, 2.05) is 0 Å². The third kappa shape index (κ3) is 2.44. The predicted molar refractivity (Wildman–Crippen MR) is 67.6 cm³/mol. The van der Waals surface area contributed by atoms with E-state index in [-0.39, 0.29) is 15.6 Å². The summed E-state index contributed by atoms with van der Waals surface area (Å²) < 4.78 is 23.5. The molecule has 0 unspecified atom stereocenters. The average molecular weight is 330 g/mol. The van der Waals surface area contributed by atoms with E-state index in [0.29, 0.717) is 11.5 Å². The van der Waals surface area contributed by atoms with Crippen LogP contribution in [0.5, 0.6) is 11.5 Å². The maximum absolute atomic E-state index is 13.6. The molecule has 1 aromatic carbocycles. The summed E-state index contributed by atoms with van der Waals surface area (Å²) in [7, 11) is 2.85. The van der Waals surface area contributed by atoms with Crippen LogP contribution in [0.15, 0.2) is 11.1 Å². The van der Waals surface area contributed by atoms with Gasteiger partial charge in [0.2, 0.25) is 0 Å². The van der Waals surface area contributed by atoms with Crippen LogP contribution in [0.1, 0.15) is 5.56 Å². The van der Waals surface area contributed by atoms with Crippen molar-refractivity contribution in [3.8, 4) is 11.5 Å². The molecule has 0 aromatic heterocycles. The first-order valence-corrected chi connectivity index (χ1v) is 5.80. The van der Waals surface area contributed by atoms with Gasteiger partial charge in [-0.05, 0) is 0 Å². The lowest BCUT2D eigenvalue weighted by atomic mass is 10.2. The van der Waals surface area contributed by atoms with E-state index in [2.05, 4.69) is 15.9 Å². The molecule has 0 amide bonds. The van der Waals surface area contributed by atoms with Crippen LogP contribution in [0.3, 0.4) is 0 Å². The van der Waals surface area contributed by atoms with Crippen molar-refractivity contribution >= 4 is 45.0 Å². The Morgan fingerprint density at radius 1 is 1.25 bits per heavy atom. The summed E-state index contributed by atoms with van der Waals surface area (Å²) in [6, 6.07) is 1.50. The molecule has 0 aliphatic rings. The molecule has 0 bridgehead atoms. The molecule has 2 nitrogen and oxygen atoms in total. The minimum atomic E-state index is -0.604. The van der Waals surface area contributed by atoms with Crippen LogP contribution in [0.4, 0.5) is 4.39 Å². The zero-order valence-corrected chi connectivity index (χ0v) is 11.6. The molecule has 0 heterocycles. The molecule has 0 spiro atoms. The molecular formula is C10H8BrCl2FO2. The van der Waals surface area contributed by atoms with Crippen LogP contribution in [0.25, 0.3) is 5.83 Å². The van der Waals surface area contributed by atoms with Gasteiger partial charge in [0, 0.05) is 11.1 Å². The number of halogens is 4. The molecule has 0 N–H and O–H groups in total. The van der Waals surface area contributed by atoms with Crippen molar-refractivity contribution in [3.05, 3.63) is 26.7 Å². The summed E-state index contributed by atoms with van der Waals surface area (Å²) in [5.41, 5.74) is 0.0383. The van der Waals surface area contributed by atoms with Gasteiger partial charge in [0.1, 0.15) is 17.3 Å². The predicted octanol–water partition coefficient (Wildman–Crippen LogP) is 4.67. The average Bonchev–Trinajstić information content (AvgIpc) is 2.29. The van der Waals surface area contributed by atoms with E-state index in [1.54, 1.807) is 0 Å². The molecule has 0 saturated heterocycles. The summed E-state index contributed by atoms with van der Waals surface area (Å²) in [5.74, 6) is -0.0166. The van der Waals surface area contributed by atoms with Gasteiger partial charge in [-0.1, -0.05) is 39.1 Å². The first kappa shape index (κ1) is 13.6.